The molecular weight excluding hydrogens is 285 g/mol. The second kappa shape index (κ2) is 4.57. The maximum absolute atomic E-state index is 13.3. The topological polar surface area (TPSA) is 68.0 Å². The molecule has 0 saturated carbocycles. The van der Waals surface area contributed by atoms with Crippen molar-refractivity contribution >= 4 is 28.6 Å². The van der Waals surface area contributed by atoms with Gasteiger partial charge in [-0.2, -0.15) is 0 Å². The normalized spacial score (nSPS) is 10.9. The van der Waals surface area contributed by atoms with E-state index in [1.54, 1.807) is 12.1 Å². The molecule has 0 bridgehead atoms. The van der Waals surface area contributed by atoms with Gasteiger partial charge < -0.3 is 5.11 Å². The molecule has 0 aliphatic rings. The Morgan fingerprint density at radius 2 is 2.10 bits per heavy atom. The second-order valence-corrected chi connectivity index (χ2v) is 4.48. The van der Waals surface area contributed by atoms with E-state index < -0.39 is 11.8 Å². The summed E-state index contributed by atoms with van der Waals surface area (Å²) in [4.78, 5) is 11.1. The highest BCUT2D eigenvalue weighted by atomic mass is 35.5. The molecule has 0 aliphatic heterocycles. The molecule has 5 nitrogen and oxygen atoms in total. The largest absolute Gasteiger partial charge is 0.478 e. The Labute approximate surface area is 117 Å². The Balaban J connectivity index is 2.31. The van der Waals surface area contributed by atoms with Crippen molar-refractivity contribution in [2.45, 2.75) is 0 Å². The average Bonchev–Trinajstić information content (AvgIpc) is 2.85. The Kier molecular flexibility index (Phi) is 2.87. The molecular formula is C13H7ClFN3O2. The molecule has 7 heteroatoms. The molecule has 3 rings (SSSR count). The van der Waals surface area contributed by atoms with Gasteiger partial charge in [0.15, 0.2) is 0 Å². The van der Waals surface area contributed by atoms with Gasteiger partial charge in [0.25, 0.3) is 0 Å². The number of aromatic carboxylic acids is 1. The van der Waals surface area contributed by atoms with Crippen LogP contribution in [0.3, 0.4) is 0 Å². The van der Waals surface area contributed by atoms with Gasteiger partial charge in [-0.05, 0) is 24.3 Å². The molecule has 20 heavy (non-hydrogen) atoms. The van der Waals surface area contributed by atoms with Gasteiger partial charge in [0.05, 0.1) is 21.8 Å². The van der Waals surface area contributed by atoms with E-state index in [4.69, 9.17) is 16.7 Å². The lowest BCUT2D eigenvalue weighted by Gasteiger charge is -2.05. The van der Waals surface area contributed by atoms with Crippen LogP contribution in [0.25, 0.3) is 16.7 Å². The Bertz CT molecular complexity index is 832. The molecule has 100 valence electrons. The standard InChI is InChI=1S/C13H7ClFN3O2/c14-9-5-4-7(15)6-11(9)18-10-3-1-2-8(13(19)20)12(10)16-17-18/h1-6H,(H,19,20). The van der Waals surface area contributed by atoms with E-state index in [9.17, 15) is 9.18 Å². The van der Waals surface area contributed by atoms with Gasteiger partial charge in [-0.3, -0.25) is 0 Å². The molecule has 0 amide bonds. The monoisotopic (exact) mass is 291 g/mol. The summed E-state index contributed by atoms with van der Waals surface area (Å²) in [5, 5.41) is 17.1. The van der Waals surface area contributed by atoms with Gasteiger partial charge in [-0.1, -0.05) is 22.9 Å². The quantitative estimate of drug-likeness (QED) is 0.788. The Morgan fingerprint density at radius 3 is 2.85 bits per heavy atom. The van der Waals surface area contributed by atoms with Crippen molar-refractivity contribution < 1.29 is 14.3 Å². The molecule has 0 atom stereocenters. The molecule has 1 aromatic heterocycles. The van der Waals surface area contributed by atoms with E-state index in [0.29, 0.717) is 16.2 Å². The van der Waals surface area contributed by atoms with Crippen LogP contribution in [0.5, 0.6) is 0 Å². The molecule has 0 radical (unpaired) electrons. The van der Waals surface area contributed by atoms with E-state index in [1.165, 1.54) is 28.9 Å². The van der Waals surface area contributed by atoms with Crippen molar-refractivity contribution in [3.05, 3.63) is 52.8 Å². The number of hydrogen-bond donors (Lipinski definition) is 1. The Hall–Kier alpha value is -2.47. The van der Waals surface area contributed by atoms with Crippen LogP contribution in [0, 0.1) is 5.82 Å². The van der Waals surface area contributed by atoms with E-state index in [1.807, 2.05) is 0 Å². The number of carboxylic acids is 1. The average molecular weight is 292 g/mol. The Morgan fingerprint density at radius 1 is 1.30 bits per heavy atom. The molecule has 1 heterocycles. The van der Waals surface area contributed by atoms with Crippen LogP contribution in [0.4, 0.5) is 4.39 Å². The molecule has 3 aromatic rings. The summed E-state index contributed by atoms with van der Waals surface area (Å²) in [7, 11) is 0. The van der Waals surface area contributed by atoms with Gasteiger partial charge >= 0.3 is 5.97 Å². The number of fused-ring (bicyclic) bond motifs is 1. The third kappa shape index (κ3) is 1.90. The third-order valence-corrected chi connectivity index (χ3v) is 3.16. The fourth-order valence-corrected chi connectivity index (χ4v) is 2.14. The molecule has 0 aliphatic carbocycles. The fraction of sp³-hybridized carbons (Fsp3) is 0. The maximum Gasteiger partial charge on any atom is 0.338 e. The number of carboxylic acid groups (broad SMARTS) is 1. The first-order valence-electron chi connectivity index (χ1n) is 5.61. The van der Waals surface area contributed by atoms with Crippen molar-refractivity contribution in [1.82, 2.24) is 15.0 Å². The van der Waals surface area contributed by atoms with Gasteiger partial charge in [-0.25, -0.2) is 13.9 Å². The number of aromatic nitrogens is 3. The smallest absolute Gasteiger partial charge is 0.338 e. The lowest BCUT2D eigenvalue weighted by Crippen LogP contribution is -1.99. The summed E-state index contributed by atoms with van der Waals surface area (Å²) in [6, 6.07) is 8.48. The summed E-state index contributed by atoms with van der Waals surface area (Å²) < 4.78 is 14.6. The van der Waals surface area contributed by atoms with Gasteiger partial charge in [0.1, 0.15) is 11.3 Å². The van der Waals surface area contributed by atoms with Crippen molar-refractivity contribution in [3.63, 3.8) is 0 Å². The third-order valence-electron chi connectivity index (χ3n) is 2.84. The van der Waals surface area contributed by atoms with Crippen LogP contribution in [0.2, 0.25) is 5.02 Å². The summed E-state index contributed by atoms with van der Waals surface area (Å²) >= 11 is 6.02. The van der Waals surface area contributed by atoms with Gasteiger partial charge in [0.2, 0.25) is 0 Å². The van der Waals surface area contributed by atoms with Crippen molar-refractivity contribution in [1.29, 1.82) is 0 Å². The highest BCUT2D eigenvalue weighted by Crippen LogP contribution is 2.25. The van der Waals surface area contributed by atoms with Gasteiger partial charge in [-0.15, -0.1) is 5.10 Å². The summed E-state index contributed by atoms with van der Waals surface area (Å²) in [5.41, 5.74) is 0.996. The minimum absolute atomic E-state index is 0.0290. The van der Waals surface area contributed by atoms with E-state index >= 15 is 0 Å². The zero-order valence-electron chi connectivity index (χ0n) is 9.92. The summed E-state index contributed by atoms with van der Waals surface area (Å²) in [6.45, 7) is 0. The first-order valence-corrected chi connectivity index (χ1v) is 5.99. The number of nitrogens with zero attached hydrogens (tertiary/aromatic N) is 3. The number of rotatable bonds is 2. The van der Waals surface area contributed by atoms with Crippen molar-refractivity contribution in [3.8, 4) is 5.69 Å². The van der Waals surface area contributed by atoms with Crippen LogP contribution in [-0.2, 0) is 0 Å². The number of benzene rings is 2. The van der Waals surface area contributed by atoms with Gasteiger partial charge in [0, 0.05) is 6.07 Å². The predicted molar refractivity (Wildman–Crippen MR) is 70.8 cm³/mol. The first kappa shape index (κ1) is 12.6. The zero-order valence-corrected chi connectivity index (χ0v) is 10.7. The maximum atomic E-state index is 13.3. The second-order valence-electron chi connectivity index (χ2n) is 4.08. The number of hydrogen-bond acceptors (Lipinski definition) is 3. The lowest BCUT2D eigenvalue weighted by molar-refractivity contribution is 0.0699. The van der Waals surface area contributed by atoms with Crippen LogP contribution in [0.1, 0.15) is 10.4 Å². The first-order chi connectivity index (χ1) is 9.58. The lowest BCUT2D eigenvalue weighted by atomic mass is 10.2. The summed E-state index contributed by atoms with van der Waals surface area (Å²) in [5.74, 6) is -1.57. The SMILES string of the molecule is O=C(O)c1cccc2c1nnn2-c1cc(F)ccc1Cl. The molecule has 2 aromatic carbocycles. The number of halogens is 2. The van der Waals surface area contributed by atoms with Crippen LogP contribution in [0.15, 0.2) is 36.4 Å². The molecule has 0 unspecified atom stereocenters. The van der Waals surface area contributed by atoms with E-state index in [-0.39, 0.29) is 11.1 Å². The molecule has 1 N–H and O–H groups in total. The minimum Gasteiger partial charge on any atom is -0.478 e. The molecule has 0 spiro atoms. The minimum atomic E-state index is -1.10. The van der Waals surface area contributed by atoms with Crippen LogP contribution >= 0.6 is 11.6 Å². The van der Waals surface area contributed by atoms with Crippen LogP contribution < -0.4 is 0 Å². The number of carbonyl (C=O) groups is 1. The predicted octanol–water partition coefficient (Wildman–Crippen LogP) is 2.91. The highest BCUT2D eigenvalue weighted by Gasteiger charge is 2.16. The molecule has 0 saturated heterocycles. The summed E-state index contributed by atoms with van der Waals surface area (Å²) in [6.07, 6.45) is 0. The molecule has 0 fully saturated rings. The fourth-order valence-electron chi connectivity index (χ4n) is 1.94. The van der Waals surface area contributed by atoms with E-state index in [0.717, 1.165) is 0 Å². The zero-order chi connectivity index (χ0) is 14.3. The van der Waals surface area contributed by atoms with Crippen molar-refractivity contribution in [2.24, 2.45) is 0 Å². The highest BCUT2D eigenvalue weighted by molar-refractivity contribution is 6.32. The van der Waals surface area contributed by atoms with E-state index in [2.05, 4.69) is 10.3 Å². The van der Waals surface area contributed by atoms with Crippen LogP contribution in [-0.4, -0.2) is 26.1 Å². The van der Waals surface area contributed by atoms with Crippen molar-refractivity contribution in [2.75, 3.05) is 0 Å².